The molecule has 2 nitrogen and oxygen atoms in total. The summed E-state index contributed by atoms with van der Waals surface area (Å²) in [7, 11) is 1.96. The van der Waals surface area contributed by atoms with E-state index < -0.39 is 0 Å². The fourth-order valence-electron chi connectivity index (χ4n) is 3.17. The molecule has 1 aliphatic carbocycles. The van der Waals surface area contributed by atoms with Crippen molar-refractivity contribution >= 4 is 17.7 Å². The molecule has 0 saturated heterocycles. The van der Waals surface area contributed by atoms with E-state index in [2.05, 4.69) is 32.9 Å². The molecule has 0 bridgehead atoms. The van der Waals surface area contributed by atoms with Gasteiger partial charge >= 0.3 is 0 Å². The molecular weight excluding hydrogens is 278 g/mol. The van der Waals surface area contributed by atoms with Crippen LogP contribution in [-0.4, -0.2) is 29.1 Å². The molecule has 116 valence electrons. The van der Waals surface area contributed by atoms with E-state index in [1.54, 1.807) is 0 Å². The Labute approximate surface area is 133 Å². The Morgan fingerprint density at radius 3 is 2.38 bits per heavy atom. The molecule has 2 unspecified atom stereocenters. The summed E-state index contributed by atoms with van der Waals surface area (Å²) >= 11 is 1.83. The molecule has 1 aromatic carbocycles. The van der Waals surface area contributed by atoms with Gasteiger partial charge in [-0.05, 0) is 43.0 Å². The number of hydrogen-bond donors (Lipinski definition) is 0. The van der Waals surface area contributed by atoms with Crippen LogP contribution >= 0.6 is 11.8 Å². The first-order valence-corrected chi connectivity index (χ1v) is 8.91. The number of carbonyl (C=O) groups is 1. The minimum Gasteiger partial charge on any atom is -0.338 e. The van der Waals surface area contributed by atoms with Gasteiger partial charge < -0.3 is 4.90 Å². The Morgan fingerprint density at radius 1 is 1.19 bits per heavy atom. The number of carbonyl (C=O) groups excluding carboxylic acids is 1. The molecule has 3 heteroatoms. The van der Waals surface area contributed by atoms with E-state index in [4.69, 9.17) is 0 Å². The highest BCUT2D eigenvalue weighted by molar-refractivity contribution is 7.99. The molecule has 0 aromatic heterocycles. The number of amides is 1. The highest BCUT2D eigenvalue weighted by atomic mass is 32.2. The van der Waals surface area contributed by atoms with Crippen molar-refractivity contribution in [1.29, 1.82) is 0 Å². The SMILES string of the molecule is CC(C)Sc1ccc(C(=O)N(C)C2CCCCC2C)cc1. The van der Waals surface area contributed by atoms with E-state index in [9.17, 15) is 4.79 Å². The molecule has 21 heavy (non-hydrogen) atoms. The maximum Gasteiger partial charge on any atom is 0.253 e. The van der Waals surface area contributed by atoms with Crippen LogP contribution in [0.3, 0.4) is 0 Å². The molecule has 0 radical (unpaired) electrons. The molecule has 0 heterocycles. The lowest BCUT2D eigenvalue weighted by molar-refractivity contribution is 0.0629. The lowest BCUT2D eigenvalue weighted by atomic mass is 9.85. The Morgan fingerprint density at radius 2 is 1.81 bits per heavy atom. The van der Waals surface area contributed by atoms with Crippen LogP contribution < -0.4 is 0 Å². The van der Waals surface area contributed by atoms with E-state index in [0.29, 0.717) is 17.2 Å². The van der Waals surface area contributed by atoms with Gasteiger partial charge in [-0.15, -0.1) is 11.8 Å². The second kappa shape index (κ2) is 7.35. The van der Waals surface area contributed by atoms with E-state index in [1.807, 2.05) is 35.8 Å². The second-order valence-corrected chi connectivity index (χ2v) is 8.09. The molecule has 1 saturated carbocycles. The van der Waals surface area contributed by atoms with Gasteiger partial charge in [0, 0.05) is 28.8 Å². The highest BCUT2D eigenvalue weighted by Gasteiger charge is 2.28. The third-order valence-corrected chi connectivity index (χ3v) is 5.37. The molecular formula is C18H27NOS. The largest absolute Gasteiger partial charge is 0.338 e. The fraction of sp³-hybridized carbons (Fsp3) is 0.611. The van der Waals surface area contributed by atoms with Crippen LogP contribution in [-0.2, 0) is 0 Å². The third kappa shape index (κ3) is 4.26. The number of benzene rings is 1. The smallest absolute Gasteiger partial charge is 0.253 e. The van der Waals surface area contributed by atoms with Crippen molar-refractivity contribution in [1.82, 2.24) is 4.90 Å². The van der Waals surface area contributed by atoms with Crippen molar-refractivity contribution in [3.05, 3.63) is 29.8 Å². The predicted molar refractivity (Wildman–Crippen MR) is 90.9 cm³/mol. The Kier molecular flexibility index (Phi) is 5.74. The first-order valence-electron chi connectivity index (χ1n) is 8.03. The predicted octanol–water partition coefficient (Wildman–Crippen LogP) is 4.84. The lowest BCUT2D eigenvalue weighted by Crippen LogP contribution is -2.42. The van der Waals surface area contributed by atoms with Gasteiger partial charge in [0.25, 0.3) is 5.91 Å². The molecule has 1 aromatic rings. The number of rotatable bonds is 4. The lowest BCUT2D eigenvalue weighted by Gasteiger charge is -2.36. The van der Waals surface area contributed by atoms with Crippen molar-refractivity contribution in [2.75, 3.05) is 7.05 Å². The average Bonchev–Trinajstić information content (AvgIpc) is 2.46. The summed E-state index contributed by atoms with van der Waals surface area (Å²) in [6.07, 6.45) is 4.94. The molecule has 1 amide bonds. The van der Waals surface area contributed by atoms with Crippen LogP contribution in [0, 0.1) is 5.92 Å². The zero-order valence-corrected chi connectivity index (χ0v) is 14.5. The van der Waals surface area contributed by atoms with Crippen LogP contribution in [0.4, 0.5) is 0 Å². The van der Waals surface area contributed by atoms with Crippen LogP contribution in [0.1, 0.15) is 56.8 Å². The van der Waals surface area contributed by atoms with Gasteiger partial charge in [0.2, 0.25) is 0 Å². The Hall–Kier alpha value is -0.960. The van der Waals surface area contributed by atoms with Crippen molar-refractivity contribution in [3.63, 3.8) is 0 Å². The van der Waals surface area contributed by atoms with Gasteiger partial charge in [0.05, 0.1) is 0 Å². The minimum atomic E-state index is 0.162. The zero-order chi connectivity index (χ0) is 15.4. The standard InChI is InChI=1S/C18H27NOS/c1-13(2)21-16-11-9-15(10-12-16)18(20)19(4)17-8-6-5-7-14(17)3/h9-14,17H,5-8H2,1-4H3. The summed E-state index contributed by atoms with van der Waals surface area (Å²) in [5.41, 5.74) is 0.809. The second-order valence-electron chi connectivity index (χ2n) is 6.44. The van der Waals surface area contributed by atoms with Crippen molar-refractivity contribution in [2.24, 2.45) is 5.92 Å². The quantitative estimate of drug-likeness (QED) is 0.742. The Bertz CT molecular complexity index is 469. The molecule has 0 N–H and O–H groups in total. The number of thioether (sulfide) groups is 1. The summed E-state index contributed by atoms with van der Waals surface area (Å²) in [5.74, 6) is 0.776. The van der Waals surface area contributed by atoms with Crippen LogP contribution in [0.5, 0.6) is 0 Å². The van der Waals surface area contributed by atoms with E-state index in [1.165, 1.54) is 24.2 Å². The summed E-state index contributed by atoms with van der Waals surface area (Å²) in [6, 6.07) is 8.47. The fourth-order valence-corrected chi connectivity index (χ4v) is 4.01. The summed E-state index contributed by atoms with van der Waals surface area (Å²) in [4.78, 5) is 15.8. The van der Waals surface area contributed by atoms with Crippen LogP contribution in [0.2, 0.25) is 0 Å². The van der Waals surface area contributed by atoms with E-state index in [-0.39, 0.29) is 5.91 Å². The summed E-state index contributed by atoms with van der Waals surface area (Å²) < 4.78 is 0. The van der Waals surface area contributed by atoms with Gasteiger partial charge in [-0.25, -0.2) is 0 Å². The monoisotopic (exact) mass is 305 g/mol. The normalized spacial score (nSPS) is 22.3. The molecule has 0 aliphatic heterocycles. The molecule has 2 rings (SSSR count). The number of nitrogens with zero attached hydrogens (tertiary/aromatic N) is 1. The first-order chi connectivity index (χ1) is 9.99. The van der Waals surface area contributed by atoms with Gasteiger partial charge in [-0.1, -0.05) is 33.6 Å². The van der Waals surface area contributed by atoms with Crippen molar-refractivity contribution in [2.45, 2.75) is 62.6 Å². The maximum atomic E-state index is 12.6. The minimum absolute atomic E-state index is 0.162. The first kappa shape index (κ1) is 16.4. The van der Waals surface area contributed by atoms with Crippen molar-refractivity contribution < 1.29 is 4.79 Å². The van der Waals surface area contributed by atoms with E-state index >= 15 is 0 Å². The molecule has 1 aliphatic rings. The molecule has 0 spiro atoms. The van der Waals surface area contributed by atoms with E-state index in [0.717, 1.165) is 12.0 Å². The Balaban J connectivity index is 2.04. The highest BCUT2D eigenvalue weighted by Crippen LogP contribution is 2.29. The van der Waals surface area contributed by atoms with Crippen LogP contribution in [0.15, 0.2) is 29.2 Å². The number of hydrogen-bond acceptors (Lipinski definition) is 2. The van der Waals surface area contributed by atoms with Gasteiger partial charge in [-0.3, -0.25) is 4.79 Å². The summed E-state index contributed by atoms with van der Waals surface area (Å²) in [5, 5.41) is 0.567. The summed E-state index contributed by atoms with van der Waals surface area (Å²) in [6.45, 7) is 6.64. The van der Waals surface area contributed by atoms with Crippen molar-refractivity contribution in [3.8, 4) is 0 Å². The zero-order valence-electron chi connectivity index (χ0n) is 13.6. The molecule has 1 fully saturated rings. The van der Waals surface area contributed by atoms with Gasteiger partial charge in [-0.2, -0.15) is 0 Å². The topological polar surface area (TPSA) is 20.3 Å². The maximum absolute atomic E-state index is 12.6. The average molecular weight is 305 g/mol. The third-order valence-electron chi connectivity index (χ3n) is 4.36. The van der Waals surface area contributed by atoms with Crippen LogP contribution in [0.25, 0.3) is 0 Å². The van der Waals surface area contributed by atoms with Gasteiger partial charge in [0.15, 0.2) is 0 Å². The van der Waals surface area contributed by atoms with Gasteiger partial charge in [0.1, 0.15) is 0 Å². The molecule has 2 atom stereocenters.